The quantitative estimate of drug-likeness (QED) is 0.347. The summed E-state index contributed by atoms with van der Waals surface area (Å²) < 4.78 is 82.4. The van der Waals surface area contributed by atoms with Crippen LogP contribution in [0.25, 0.3) is 0 Å². The fourth-order valence-electron chi connectivity index (χ4n) is 5.84. The van der Waals surface area contributed by atoms with Gasteiger partial charge in [0.15, 0.2) is 11.5 Å². The molecule has 2 aliphatic rings. The summed E-state index contributed by atoms with van der Waals surface area (Å²) in [4.78, 5) is 15.0. The smallest absolute Gasteiger partial charge is 0.431 e. The molecule has 2 aliphatic heterocycles. The van der Waals surface area contributed by atoms with Gasteiger partial charge in [-0.1, -0.05) is 17.7 Å². The highest BCUT2D eigenvalue weighted by molar-refractivity contribution is 7.85. The average Bonchev–Trinajstić information content (AvgIpc) is 3.40. The number of benzene rings is 2. The first-order chi connectivity index (χ1) is 20.6. The van der Waals surface area contributed by atoms with E-state index in [9.17, 15) is 26.4 Å². The first-order valence-corrected chi connectivity index (χ1v) is 15.7. The summed E-state index contributed by atoms with van der Waals surface area (Å²) in [6.45, 7) is 8.79. The van der Waals surface area contributed by atoms with Gasteiger partial charge in [0.1, 0.15) is 5.69 Å². The van der Waals surface area contributed by atoms with Crippen molar-refractivity contribution in [3.63, 3.8) is 0 Å². The van der Waals surface area contributed by atoms with Crippen molar-refractivity contribution in [2.45, 2.75) is 75.8 Å². The summed E-state index contributed by atoms with van der Waals surface area (Å²) in [6, 6.07) is 13.7. The summed E-state index contributed by atoms with van der Waals surface area (Å²) in [7, 11) is -2.49. The molecule has 240 valence electrons. The maximum Gasteiger partial charge on any atom is 0.431 e. The van der Waals surface area contributed by atoms with Crippen LogP contribution in [0.1, 0.15) is 60.9 Å². The van der Waals surface area contributed by atoms with E-state index >= 15 is 0 Å². The van der Waals surface area contributed by atoms with E-state index in [1.165, 1.54) is 29.9 Å². The number of aryl methyl sites for hydroxylation is 1. The number of carbonyl (C=O) groups excluding carboxylic acids is 1. The highest BCUT2D eigenvalue weighted by Gasteiger charge is 2.46. The number of amides is 1. The third kappa shape index (κ3) is 7.22. The van der Waals surface area contributed by atoms with E-state index < -0.39 is 27.5 Å². The number of hydrogen-bond donors (Lipinski definition) is 2. The number of rotatable bonds is 5. The SMILES string of the molecule is COc1cc(C(=O)N2CCC3(CC2C)NCCn2c(C(F)(F)F)ccc23)ccc1OC(C)C.Cc1ccc(S(=O)(=O)O)cc1. The van der Waals surface area contributed by atoms with Crippen molar-refractivity contribution >= 4 is 16.0 Å². The molecule has 2 atom stereocenters. The zero-order valence-electron chi connectivity index (χ0n) is 25.3. The molecule has 5 rings (SSSR count). The second-order valence-corrected chi connectivity index (χ2v) is 12.8. The summed E-state index contributed by atoms with van der Waals surface area (Å²) in [5.74, 6) is 0.929. The van der Waals surface area contributed by atoms with Gasteiger partial charge in [-0.15, -0.1) is 0 Å². The molecule has 1 spiro atoms. The molecule has 0 bridgehead atoms. The molecule has 0 saturated carbocycles. The van der Waals surface area contributed by atoms with Gasteiger partial charge < -0.3 is 24.3 Å². The van der Waals surface area contributed by atoms with E-state index in [4.69, 9.17) is 14.0 Å². The van der Waals surface area contributed by atoms with E-state index in [1.807, 2.05) is 27.7 Å². The molecule has 44 heavy (non-hydrogen) atoms. The normalized spacial score (nSPS) is 20.1. The van der Waals surface area contributed by atoms with Gasteiger partial charge in [0, 0.05) is 36.9 Å². The number of likely N-dealkylation sites (tertiary alicyclic amines) is 1. The summed E-state index contributed by atoms with van der Waals surface area (Å²) in [6.07, 6.45) is -3.34. The highest BCUT2D eigenvalue weighted by atomic mass is 32.2. The number of carbonyl (C=O) groups is 1. The van der Waals surface area contributed by atoms with Crippen molar-refractivity contribution in [3.8, 4) is 11.5 Å². The molecule has 2 unspecified atom stereocenters. The van der Waals surface area contributed by atoms with Gasteiger partial charge in [0.25, 0.3) is 16.0 Å². The van der Waals surface area contributed by atoms with Crippen LogP contribution in [0.2, 0.25) is 0 Å². The van der Waals surface area contributed by atoms with Gasteiger partial charge >= 0.3 is 6.18 Å². The zero-order valence-corrected chi connectivity index (χ0v) is 26.1. The molecular weight excluding hydrogens is 599 g/mol. The molecule has 13 heteroatoms. The fourth-order valence-corrected chi connectivity index (χ4v) is 6.32. The molecule has 3 heterocycles. The van der Waals surface area contributed by atoms with Gasteiger partial charge in [0.2, 0.25) is 0 Å². The Hall–Kier alpha value is -3.55. The Morgan fingerprint density at radius 3 is 2.32 bits per heavy atom. The Balaban J connectivity index is 0.000000339. The monoisotopic (exact) mass is 637 g/mol. The van der Waals surface area contributed by atoms with Crippen molar-refractivity contribution in [2.75, 3.05) is 20.2 Å². The number of nitrogens with one attached hydrogen (secondary N) is 1. The van der Waals surface area contributed by atoms with Crippen LogP contribution >= 0.6 is 0 Å². The summed E-state index contributed by atoms with van der Waals surface area (Å²) >= 11 is 0. The minimum absolute atomic E-state index is 0.0291. The number of alkyl halides is 3. The van der Waals surface area contributed by atoms with E-state index in [0.29, 0.717) is 48.7 Å². The number of fused-ring (bicyclic) bond motifs is 2. The Labute approximate surface area is 255 Å². The van der Waals surface area contributed by atoms with Crippen LogP contribution in [0.5, 0.6) is 11.5 Å². The van der Waals surface area contributed by atoms with Crippen LogP contribution in [-0.2, 0) is 28.4 Å². The Bertz CT molecular complexity index is 1590. The van der Waals surface area contributed by atoms with Gasteiger partial charge in [0.05, 0.1) is 23.6 Å². The van der Waals surface area contributed by atoms with Gasteiger partial charge in [-0.2, -0.15) is 21.6 Å². The number of methoxy groups -OCH3 is 1. The topological polar surface area (TPSA) is 110 Å². The fraction of sp³-hybridized carbons (Fsp3) is 0.452. The van der Waals surface area contributed by atoms with E-state index in [-0.39, 0.29) is 29.5 Å². The van der Waals surface area contributed by atoms with Crippen molar-refractivity contribution < 1.29 is 40.4 Å². The predicted octanol–water partition coefficient (Wildman–Crippen LogP) is 5.67. The molecule has 0 radical (unpaired) electrons. The second-order valence-electron chi connectivity index (χ2n) is 11.4. The highest BCUT2D eigenvalue weighted by Crippen LogP contribution is 2.42. The van der Waals surface area contributed by atoms with Crippen molar-refractivity contribution in [1.82, 2.24) is 14.8 Å². The van der Waals surface area contributed by atoms with Crippen molar-refractivity contribution in [3.05, 3.63) is 77.1 Å². The average molecular weight is 638 g/mol. The molecule has 9 nitrogen and oxygen atoms in total. The number of nitrogens with zero attached hydrogens (tertiary/aromatic N) is 2. The van der Waals surface area contributed by atoms with Crippen LogP contribution in [0.3, 0.4) is 0 Å². The maximum atomic E-state index is 13.4. The molecule has 2 N–H and O–H groups in total. The van der Waals surface area contributed by atoms with Crippen LogP contribution in [0, 0.1) is 6.92 Å². The molecule has 1 amide bonds. The number of aromatic nitrogens is 1. The molecule has 0 aliphatic carbocycles. The first kappa shape index (κ1) is 33.3. The van der Waals surface area contributed by atoms with E-state index in [1.54, 1.807) is 41.3 Å². The molecule has 1 fully saturated rings. The summed E-state index contributed by atoms with van der Waals surface area (Å²) in [5, 5.41) is 3.47. The Morgan fingerprint density at radius 1 is 1.07 bits per heavy atom. The van der Waals surface area contributed by atoms with Gasteiger partial charge in [-0.3, -0.25) is 9.35 Å². The third-order valence-electron chi connectivity index (χ3n) is 7.87. The van der Waals surface area contributed by atoms with Crippen molar-refractivity contribution in [2.24, 2.45) is 0 Å². The van der Waals surface area contributed by atoms with Crippen LogP contribution in [0.15, 0.2) is 59.5 Å². The van der Waals surface area contributed by atoms with Crippen LogP contribution in [0.4, 0.5) is 13.2 Å². The lowest BCUT2D eigenvalue weighted by atomic mass is 9.79. The van der Waals surface area contributed by atoms with Crippen LogP contribution in [-0.4, -0.2) is 60.7 Å². The van der Waals surface area contributed by atoms with Crippen LogP contribution < -0.4 is 14.8 Å². The Kier molecular flexibility index (Phi) is 9.72. The molecular formula is C31H38F3N3O6S. The number of ether oxygens (including phenoxy) is 2. The van der Waals surface area contributed by atoms with Crippen molar-refractivity contribution in [1.29, 1.82) is 0 Å². The lowest BCUT2D eigenvalue weighted by molar-refractivity contribution is -0.144. The standard InChI is InChI=1S/C24H30F3N3O3.C7H8O3S/c1-15(2)33-18-6-5-17(13-19(18)32-4)22(31)29-11-9-23(14-16(29)3)20-7-8-21(24(25,26)27)30(20)12-10-28-23;1-6-2-4-7(5-3-6)11(8,9)10/h5-8,13,15-16,28H,9-12,14H2,1-4H3;2-5H,1H3,(H,8,9,10). The largest absolute Gasteiger partial charge is 0.493 e. The minimum Gasteiger partial charge on any atom is -0.493 e. The molecule has 3 aromatic rings. The maximum absolute atomic E-state index is 13.4. The number of hydrogen-bond acceptors (Lipinski definition) is 6. The molecule has 1 aromatic heterocycles. The lowest BCUT2D eigenvalue weighted by Crippen LogP contribution is -2.59. The van der Waals surface area contributed by atoms with Gasteiger partial charge in [-0.25, -0.2) is 0 Å². The third-order valence-corrected chi connectivity index (χ3v) is 8.74. The second kappa shape index (κ2) is 12.8. The van der Waals surface area contributed by atoms with E-state index in [2.05, 4.69) is 5.32 Å². The first-order valence-electron chi connectivity index (χ1n) is 14.3. The Morgan fingerprint density at radius 2 is 1.75 bits per heavy atom. The molecule has 1 saturated heterocycles. The zero-order chi connectivity index (χ0) is 32.4. The minimum atomic E-state index is -4.39. The number of halogens is 3. The number of piperidine rings is 1. The summed E-state index contributed by atoms with van der Waals surface area (Å²) in [5.41, 5.74) is 0.907. The predicted molar refractivity (Wildman–Crippen MR) is 159 cm³/mol. The van der Waals surface area contributed by atoms with E-state index in [0.717, 1.165) is 5.56 Å². The molecule has 2 aromatic carbocycles. The lowest BCUT2D eigenvalue weighted by Gasteiger charge is -2.48. The van der Waals surface area contributed by atoms with Gasteiger partial charge in [-0.05, 0) is 83.0 Å².